The Hall–Kier alpha value is -3.58. The molecule has 0 aliphatic heterocycles. The van der Waals surface area contributed by atoms with Gasteiger partial charge < -0.3 is 39.1 Å². The zero-order valence-corrected chi connectivity index (χ0v) is 21.2. The molecule has 0 aromatic carbocycles. The average molecular weight is 507 g/mol. The molecule has 2 N–H and O–H groups in total. The van der Waals surface area contributed by atoms with Crippen LogP contribution >= 0.6 is 0 Å². The molecule has 2 amide bonds. The summed E-state index contributed by atoms with van der Waals surface area (Å²) in [5.41, 5.74) is -1.76. The molecule has 0 aromatic heterocycles. The summed E-state index contributed by atoms with van der Waals surface area (Å²) in [6.45, 7) is 8.60. The third-order valence-corrected chi connectivity index (χ3v) is 3.55. The maximum Gasteiger partial charge on any atom is 0.408 e. The number of hydrogen-bond acceptors (Lipinski definition) is 12. The van der Waals surface area contributed by atoms with E-state index in [2.05, 4.69) is 20.1 Å². The van der Waals surface area contributed by atoms with Crippen LogP contribution in [0.4, 0.5) is 9.59 Å². The minimum atomic E-state index is -1.51. The van der Waals surface area contributed by atoms with Gasteiger partial charge in [-0.15, -0.1) is 0 Å². The molecule has 0 unspecified atom stereocenters. The van der Waals surface area contributed by atoms with Gasteiger partial charge in [0.25, 0.3) is 0 Å². The molecule has 14 nitrogen and oxygen atoms in total. The minimum absolute atomic E-state index is 0.590. The Morgan fingerprint density at radius 2 is 0.943 bits per heavy atom. The van der Waals surface area contributed by atoms with Gasteiger partial charge in [-0.2, -0.15) is 0 Å². The lowest BCUT2D eigenvalue weighted by Gasteiger charge is -2.23. The average Bonchev–Trinajstić information content (AvgIpc) is 2.69. The van der Waals surface area contributed by atoms with Gasteiger partial charge in [-0.25, -0.2) is 19.2 Å². The Morgan fingerprint density at radius 3 is 1.20 bits per heavy atom. The van der Waals surface area contributed by atoms with Gasteiger partial charge in [0, 0.05) is 0 Å². The van der Waals surface area contributed by atoms with E-state index >= 15 is 0 Å². The molecule has 0 aliphatic carbocycles. The number of carbonyl (C=O) groups is 6. The first-order valence-electron chi connectivity index (χ1n) is 10.4. The second-order valence-corrected chi connectivity index (χ2v) is 9.00. The zero-order valence-electron chi connectivity index (χ0n) is 21.2. The first-order valence-corrected chi connectivity index (χ1v) is 10.4. The van der Waals surface area contributed by atoms with E-state index in [4.69, 9.17) is 18.9 Å². The predicted molar refractivity (Wildman–Crippen MR) is 117 cm³/mol. The number of hydrogen-bond donors (Lipinski definition) is 2. The highest BCUT2D eigenvalue weighted by molar-refractivity contribution is 5.87. The molecule has 0 aromatic rings. The molecule has 2 atom stereocenters. The molecule has 0 heterocycles. The van der Waals surface area contributed by atoms with E-state index in [0.29, 0.717) is 0 Å². The molecule has 0 aliphatic rings. The molecule has 0 bridgehead atoms. The van der Waals surface area contributed by atoms with E-state index in [1.54, 1.807) is 41.5 Å². The lowest BCUT2D eigenvalue weighted by molar-refractivity contribution is -0.172. The molecular weight excluding hydrogens is 472 g/mol. The van der Waals surface area contributed by atoms with Crippen LogP contribution in [0.5, 0.6) is 0 Å². The van der Waals surface area contributed by atoms with Gasteiger partial charge in [0.15, 0.2) is 0 Å². The second-order valence-electron chi connectivity index (χ2n) is 9.00. The Kier molecular flexibility index (Phi) is 12.5. The second kappa shape index (κ2) is 14.0. The number of ether oxygens (including phenoxy) is 6. The number of methoxy groups -OCH3 is 2. The van der Waals surface area contributed by atoms with Crippen molar-refractivity contribution in [2.75, 3.05) is 21.0 Å². The zero-order chi connectivity index (χ0) is 27.4. The third kappa shape index (κ3) is 15.0. The SMILES string of the molecule is COC(=O)C[C@H](NC(=O)OC(C)(C)C)C(=O)OCOC(=O)[C@H](CC(=O)OC)NC(=O)OC(C)(C)C. The first-order chi connectivity index (χ1) is 16.0. The van der Waals surface area contributed by atoms with Gasteiger partial charge >= 0.3 is 36.1 Å². The maximum atomic E-state index is 12.4. The van der Waals surface area contributed by atoms with Crippen molar-refractivity contribution in [1.29, 1.82) is 0 Å². The van der Waals surface area contributed by atoms with Crippen molar-refractivity contribution in [3.8, 4) is 0 Å². The van der Waals surface area contributed by atoms with Crippen LogP contribution in [0.1, 0.15) is 54.4 Å². The van der Waals surface area contributed by atoms with Gasteiger partial charge in [-0.1, -0.05) is 0 Å². The summed E-state index contributed by atoms with van der Waals surface area (Å²) < 4.78 is 28.6. The molecule has 0 spiro atoms. The molecular formula is C21H34N2O12. The summed E-state index contributed by atoms with van der Waals surface area (Å²) in [4.78, 5) is 71.8. The van der Waals surface area contributed by atoms with Gasteiger partial charge in [0.2, 0.25) is 6.79 Å². The Morgan fingerprint density at radius 1 is 0.629 bits per heavy atom. The Balaban J connectivity index is 5.13. The van der Waals surface area contributed by atoms with Crippen LogP contribution in [0.15, 0.2) is 0 Å². The standard InChI is InChI=1S/C21H34N2O12/c1-20(2,3)34-18(28)22-12(9-14(24)30-7)16(26)32-11-33-17(27)13(10-15(25)31-8)23-19(29)35-21(4,5)6/h12-13H,9-11H2,1-8H3,(H,22,28)(H,23,29)/t12-,13-/m0/s1. The highest BCUT2D eigenvalue weighted by Gasteiger charge is 2.31. The van der Waals surface area contributed by atoms with Crippen molar-refractivity contribution in [3.63, 3.8) is 0 Å². The highest BCUT2D eigenvalue weighted by Crippen LogP contribution is 2.09. The van der Waals surface area contributed by atoms with Crippen LogP contribution in [0.25, 0.3) is 0 Å². The topological polar surface area (TPSA) is 182 Å². The molecule has 0 saturated heterocycles. The van der Waals surface area contributed by atoms with Gasteiger partial charge in [-0.3, -0.25) is 9.59 Å². The molecule has 35 heavy (non-hydrogen) atoms. The fourth-order valence-electron chi connectivity index (χ4n) is 2.13. The van der Waals surface area contributed by atoms with E-state index in [-0.39, 0.29) is 0 Å². The number of esters is 4. The fourth-order valence-corrected chi connectivity index (χ4v) is 2.13. The summed E-state index contributed by atoms with van der Waals surface area (Å²) in [7, 11) is 2.16. The van der Waals surface area contributed by atoms with E-state index in [1.165, 1.54) is 0 Å². The molecule has 14 heteroatoms. The first kappa shape index (κ1) is 31.4. The fraction of sp³-hybridized carbons (Fsp3) is 0.714. The van der Waals surface area contributed by atoms with Crippen LogP contribution < -0.4 is 10.6 Å². The monoisotopic (exact) mass is 506 g/mol. The van der Waals surface area contributed by atoms with E-state index in [9.17, 15) is 28.8 Å². The molecule has 0 saturated carbocycles. The van der Waals surface area contributed by atoms with Crippen molar-refractivity contribution >= 4 is 36.1 Å². The number of carbonyl (C=O) groups excluding carboxylic acids is 6. The number of amides is 2. The largest absolute Gasteiger partial charge is 0.469 e. The van der Waals surface area contributed by atoms with Crippen LogP contribution in [-0.4, -0.2) is 80.4 Å². The summed E-state index contributed by atoms with van der Waals surface area (Å²) in [5, 5.41) is 4.34. The molecule has 0 rings (SSSR count). The van der Waals surface area contributed by atoms with E-state index in [0.717, 1.165) is 14.2 Å². The minimum Gasteiger partial charge on any atom is -0.469 e. The van der Waals surface area contributed by atoms with Crippen LogP contribution in [-0.2, 0) is 47.6 Å². The van der Waals surface area contributed by atoms with Crippen molar-refractivity contribution in [2.45, 2.75) is 77.7 Å². The third-order valence-electron chi connectivity index (χ3n) is 3.55. The van der Waals surface area contributed by atoms with Crippen molar-refractivity contribution < 1.29 is 57.2 Å². The summed E-state index contributed by atoms with van der Waals surface area (Å²) in [6, 6.07) is -3.02. The van der Waals surface area contributed by atoms with Gasteiger partial charge in [0.05, 0.1) is 27.1 Å². The summed E-state index contributed by atoms with van der Waals surface area (Å²) in [6.07, 6.45) is -3.18. The van der Waals surface area contributed by atoms with E-state index < -0.39 is 79.0 Å². The predicted octanol–water partition coefficient (Wildman–Crippen LogP) is 0.943. The van der Waals surface area contributed by atoms with Gasteiger partial charge in [0.1, 0.15) is 23.3 Å². The maximum absolute atomic E-state index is 12.4. The molecule has 0 fully saturated rings. The molecule has 200 valence electrons. The molecule has 0 radical (unpaired) electrons. The van der Waals surface area contributed by atoms with Crippen molar-refractivity contribution in [2.24, 2.45) is 0 Å². The van der Waals surface area contributed by atoms with Crippen LogP contribution in [0.3, 0.4) is 0 Å². The number of rotatable bonds is 10. The van der Waals surface area contributed by atoms with Crippen molar-refractivity contribution in [3.05, 3.63) is 0 Å². The smallest absolute Gasteiger partial charge is 0.408 e. The summed E-state index contributed by atoms with van der Waals surface area (Å²) in [5.74, 6) is -3.95. The number of nitrogens with one attached hydrogen (secondary N) is 2. The number of alkyl carbamates (subject to hydrolysis) is 2. The Bertz CT molecular complexity index is 718. The normalized spacial score (nSPS) is 12.8. The van der Waals surface area contributed by atoms with Gasteiger partial charge in [-0.05, 0) is 41.5 Å². The van der Waals surface area contributed by atoms with Crippen LogP contribution in [0, 0.1) is 0 Å². The highest BCUT2D eigenvalue weighted by atomic mass is 16.7. The lowest BCUT2D eigenvalue weighted by atomic mass is 10.2. The lowest BCUT2D eigenvalue weighted by Crippen LogP contribution is -2.47. The van der Waals surface area contributed by atoms with Crippen LogP contribution in [0.2, 0.25) is 0 Å². The van der Waals surface area contributed by atoms with E-state index in [1.807, 2.05) is 0 Å². The summed E-state index contributed by atoms with van der Waals surface area (Å²) >= 11 is 0. The quantitative estimate of drug-likeness (QED) is 0.243. The Labute approximate surface area is 203 Å². The van der Waals surface area contributed by atoms with Crippen molar-refractivity contribution in [1.82, 2.24) is 10.6 Å².